The van der Waals surface area contributed by atoms with Crippen molar-refractivity contribution in [3.63, 3.8) is 0 Å². The van der Waals surface area contributed by atoms with Crippen LogP contribution in [0.5, 0.6) is 5.75 Å². The van der Waals surface area contributed by atoms with Crippen molar-refractivity contribution in [2.75, 3.05) is 13.2 Å². The summed E-state index contributed by atoms with van der Waals surface area (Å²) in [5.74, 6) is 2.70. The summed E-state index contributed by atoms with van der Waals surface area (Å²) in [6.45, 7) is 4.17. The second-order valence-electron chi connectivity index (χ2n) is 9.64. The molecule has 4 aliphatic rings. The molecule has 1 atom stereocenters. The Hall–Kier alpha value is -2.04. The minimum Gasteiger partial charge on any atom is -0.493 e. The molecule has 0 saturated heterocycles. The Labute approximate surface area is 173 Å². The van der Waals surface area contributed by atoms with Crippen LogP contribution in [0.3, 0.4) is 0 Å². The third-order valence-electron chi connectivity index (χ3n) is 7.31. The van der Waals surface area contributed by atoms with Gasteiger partial charge in [0.25, 0.3) is 5.91 Å². The van der Waals surface area contributed by atoms with E-state index in [0.29, 0.717) is 0 Å². The quantitative estimate of drug-likeness (QED) is 0.671. The van der Waals surface area contributed by atoms with E-state index in [1.54, 1.807) is 0 Å². The predicted molar refractivity (Wildman–Crippen MR) is 110 cm³/mol. The maximum Gasteiger partial charge on any atom is 0.309 e. The molecule has 4 aliphatic carbocycles. The molecule has 0 radical (unpaired) electrons. The lowest BCUT2D eigenvalue weighted by molar-refractivity contribution is -0.150. The summed E-state index contributed by atoms with van der Waals surface area (Å²) >= 11 is 0. The zero-order chi connectivity index (χ0) is 20.4. The first-order valence-corrected chi connectivity index (χ1v) is 11.1. The molecule has 1 N–H and O–H groups in total. The lowest BCUT2D eigenvalue weighted by Crippen LogP contribution is -2.56. The first kappa shape index (κ1) is 20.2. The molecule has 4 saturated carbocycles. The highest BCUT2D eigenvalue weighted by Crippen LogP contribution is 2.61. The normalized spacial score (nSPS) is 30.6. The van der Waals surface area contributed by atoms with Gasteiger partial charge in [-0.3, -0.25) is 9.59 Å². The third kappa shape index (κ3) is 4.76. The van der Waals surface area contributed by atoms with Gasteiger partial charge < -0.3 is 14.8 Å². The van der Waals surface area contributed by atoms with Crippen LogP contribution in [0, 0.1) is 30.1 Å². The van der Waals surface area contributed by atoms with Crippen LogP contribution in [0.15, 0.2) is 24.3 Å². The summed E-state index contributed by atoms with van der Waals surface area (Å²) in [6.07, 6.45) is 8.04. The number of esters is 1. The van der Waals surface area contributed by atoms with E-state index < -0.39 is 5.97 Å². The Morgan fingerprint density at radius 3 is 2.41 bits per heavy atom. The third-order valence-corrected chi connectivity index (χ3v) is 7.31. The molecule has 0 aliphatic heterocycles. The Balaban J connectivity index is 1.17. The summed E-state index contributed by atoms with van der Waals surface area (Å²) in [5, 5.41) is 3.13. The summed E-state index contributed by atoms with van der Waals surface area (Å²) in [7, 11) is 0. The number of carbonyl (C=O) groups is 2. The van der Waals surface area contributed by atoms with Gasteiger partial charge in [0.2, 0.25) is 0 Å². The molecule has 0 unspecified atom stereocenters. The highest BCUT2D eigenvalue weighted by molar-refractivity contribution is 5.80. The predicted octanol–water partition coefficient (Wildman–Crippen LogP) is 4.03. The maximum atomic E-state index is 12.4. The SMILES string of the molecule is Cc1cccc(OCCC(=O)OCC(=O)N[C@H](C)C23CC4CC(CC(C4)C2)C3)c1. The molecular weight excluding hydrogens is 366 g/mol. The molecule has 4 fully saturated rings. The molecule has 0 heterocycles. The van der Waals surface area contributed by atoms with Gasteiger partial charge in [0.05, 0.1) is 13.0 Å². The fourth-order valence-electron chi connectivity index (χ4n) is 6.32. The van der Waals surface area contributed by atoms with E-state index >= 15 is 0 Å². The molecule has 0 aromatic heterocycles. The van der Waals surface area contributed by atoms with E-state index in [2.05, 4.69) is 12.2 Å². The Bertz CT molecular complexity index is 724. The van der Waals surface area contributed by atoms with E-state index in [1.165, 1.54) is 38.5 Å². The number of amides is 1. The first-order valence-electron chi connectivity index (χ1n) is 11.1. The number of carbonyl (C=O) groups excluding carboxylic acids is 2. The van der Waals surface area contributed by atoms with Crippen molar-refractivity contribution in [1.29, 1.82) is 0 Å². The van der Waals surface area contributed by atoms with Gasteiger partial charge in [-0.25, -0.2) is 0 Å². The van der Waals surface area contributed by atoms with E-state index in [9.17, 15) is 9.59 Å². The molecular formula is C24H33NO4. The number of nitrogens with one attached hydrogen (secondary N) is 1. The smallest absolute Gasteiger partial charge is 0.309 e. The zero-order valence-electron chi connectivity index (χ0n) is 17.6. The Kier molecular flexibility index (Phi) is 5.84. The second kappa shape index (κ2) is 8.37. The van der Waals surface area contributed by atoms with Crippen molar-refractivity contribution in [2.45, 2.75) is 64.8 Å². The minimum absolute atomic E-state index is 0.131. The summed E-state index contributed by atoms with van der Waals surface area (Å²) in [5.41, 5.74) is 1.37. The van der Waals surface area contributed by atoms with Crippen LogP contribution in [0.1, 0.15) is 57.4 Å². The van der Waals surface area contributed by atoms with Crippen LogP contribution in [-0.4, -0.2) is 31.1 Å². The van der Waals surface area contributed by atoms with Gasteiger partial charge in [0.1, 0.15) is 5.75 Å². The van der Waals surface area contributed by atoms with Crippen molar-refractivity contribution in [1.82, 2.24) is 5.32 Å². The largest absolute Gasteiger partial charge is 0.493 e. The van der Waals surface area contributed by atoms with Gasteiger partial charge in [-0.2, -0.15) is 0 Å². The summed E-state index contributed by atoms with van der Waals surface area (Å²) < 4.78 is 10.7. The van der Waals surface area contributed by atoms with Crippen LogP contribution in [-0.2, 0) is 14.3 Å². The van der Waals surface area contributed by atoms with E-state index in [-0.39, 0.29) is 37.0 Å². The maximum absolute atomic E-state index is 12.4. The summed E-state index contributed by atoms with van der Waals surface area (Å²) in [4.78, 5) is 24.3. The average Bonchev–Trinajstić information content (AvgIpc) is 2.65. The van der Waals surface area contributed by atoms with Crippen molar-refractivity contribution >= 4 is 11.9 Å². The van der Waals surface area contributed by atoms with Gasteiger partial charge in [-0.1, -0.05) is 12.1 Å². The number of aryl methyl sites for hydroxylation is 1. The molecule has 5 rings (SSSR count). The van der Waals surface area contributed by atoms with Crippen LogP contribution in [0.2, 0.25) is 0 Å². The molecule has 1 amide bonds. The number of benzene rings is 1. The van der Waals surface area contributed by atoms with E-state index in [0.717, 1.165) is 29.1 Å². The number of ether oxygens (including phenoxy) is 2. The van der Waals surface area contributed by atoms with Crippen LogP contribution < -0.4 is 10.1 Å². The monoisotopic (exact) mass is 399 g/mol. The van der Waals surface area contributed by atoms with Crippen molar-refractivity contribution in [3.8, 4) is 5.75 Å². The summed E-state index contributed by atoms with van der Waals surface area (Å²) in [6, 6.07) is 7.83. The molecule has 1 aromatic rings. The van der Waals surface area contributed by atoms with E-state index in [4.69, 9.17) is 9.47 Å². The zero-order valence-corrected chi connectivity index (χ0v) is 17.6. The molecule has 5 heteroatoms. The minimum atomic E-state index is -0.407. The van der Waals surface area contributed by atoms with E-state index in [1.807, 2.05) is 31.2 Å². The Morgan fingerprint density at radius 2 is 1.79 bits per heavy atom. The highest BCUT2D eigenvalue weighted by atomic mass is 16.5. The van der Waals surface area contributed by atoms with Crippen molar-refractivity contribution in [2.24, 2.45) is 23.2 Å². The average molecular weight is 400 g/mol. The van der Waals surface area contributed by atoms with Gasteiger partial charge in [-0.05, 0) is 93.2 Å². The van der Waals surface area contributed by atoms with Gasteiger partial charge in [0, 0.05) is 6.04 Å². The molecule has 158 valence electrons. The number of hydrogen-bond donors (Lipinski definition) is 1. The number of rotatable bonds is 8. The van der Waals surface area contributed by atoms with Crippen LogP contribution in [0.4, 0.5) is 0 Å². The van der Waals surface area contributed by atoms with Gasteiger partial charge in [0.15, 0.2) is 6.61 Å². The van der Waals surface area contributed by atoms with Crippen molar-refractivity contribution in [3.05, 3.63) is 29.8 Å². The highest BCUT2D eigenvalue weighted by Gasteiger charge is 2.53. The lowest BCUT2D eigenvalue weighted by atomic mass is 9.48. The molecule has 5 nitrogen and oxygen atoms in total. The fraction of sp³-hybridized carbons (Fsp3) is 0.667. The second-order valence-corrected chi connectivity index (χ2v) is 9.64. The Morgan fingerprint density at radius 1 is 1.14 bits per heavy atom. The molecule has 29 heavy (non-hydrogen) atoms. The lowest BCUT2D eigenvalue weighted by Gasteiger charge is -2.59. The van der Waals surface area contributed by atoms with Gasteiger partial charge in [-0.15, -0.1) is 0 Å². The molecule has 1 aromatic carbocycles. The molecule has 0 spiro atoms. The van der Waals surface area contributed by atoms with Gasteiger partial charge >= 0.3 is 5.97 Å². The fourth-order valence-corrected chi connectivity index (χ4v) is 6.32. The van der Waals surface area contributed by atoms with Crippen LogP contribution >= 0.6 is 0 Å². The van der Waals surface area contributed by atoms with Crippen LogP contribution in [0.25, 0.3) is 0 Å². The molecule has 4 bridgehead atoms. The standard InChI is InChI=1S/C24H33NO4/c1-16-4-3-5-21(8-16)28-7-6-23(27)29-15-22(26)25-17(2)24-12-18-9-19(13-24)11-20(10-18)14-24/h3-5,8,17-20H,6-7,9-15H2,1-2H3,(H,25,26)/t17-,18?,19?,20?,24?/m1/s1. The first-order chi connectivity index (χ1) is 13.9. The van der Waals surface area contributed by atoms with Crippen molar-refractivity contribution < 1.29 is 19.1 Å². The topological polar surface area (TPSA) is 64.6 Å². The number of hydrogen-bond acceptors (Lipinski definition) is 4.